The van der Waals surface area contributed by atoms with Crippen molar-refractivity contribution in [3.63, 3.8) is 0 Å². The summed E-state index contributed by atoms with van der Waals surface area (Å²) in [5.41, 5.74) is 4.31. The van der Waals surface area contributed by atoms with Crippen molar-refractivity contribution in [3.8, 4) is 0 Å². The fourth-order valence-corrected chi connectivity index (χ4v) is 2.47. The summed E-state index contributed by atoms with van der Waals surface area (Å²) in [6, 6.07) is 11.6. The number of alkyl halides is 1. The Morgan fingerprint density at radius 2 is 2.15 bits per heavy atom. The zero-order valence-electron chi connectivity index (χ0n) is 10.8. The van der Waals surface area contributed by atoms with E-state index in [0.717, 1.165) is 28.9 Å². The summed E-state index contributed by atoms with van der Waals surface area (Å²) in [6.07, 6.45) is 4.32. The minimum Gasteiger partial charge on any atom is -0.321 e. The molecular weight excluding hydrogens is 272 g/mol. The molecule has 0 radical (unpaired) electrons. The van der Waals surface area contributed by atoms with E-state index in [9.17, 15) is 4.79 Å². The van der Waals surface area contributed by atoms with Crippen LogP contribution in [0.4, 0.5) is 5.69 Å². The molecule has 4 heteroatoms. The molecule has 3 rings (SSSR count). The van der Waals surface area contributed by atoms with Gasteiger partial charge in [-0.05, 0) is 42.3 Å². The van der Waals surface area contributed by atoms with E-state index in [2.05, 4.69) is 10.3 Å². The highest BCUT2D eigenvalue weighted by Gasteiger charge is 2.24. The van der Waals surface area contributed by atoms with Gasteiger partial charge >= 0.3 is 0 Å². The molecule has 1 aliphatic rings. The van der Waals surface area contributed by atoms with Gasteiger partial charge in [0, 0.05) is 23.3 Å². The summed E-state index contributed by atoms with van der Waals surface area (Å²) < 4.78 is 0. The second-order valence-electron chi connectivity index (χ2n) is 4.59. The van der Waals surface area contributed by atoms with Crippen LogP contribution in [0.3, 0.4) is 0 Å². The fourth-order valence-electron chi connectivity index (χ4n) is 2.25. The first-order valence-corrected chi connectivity index (χ1v) is 6.95. The van der Waals surface area contributed by atoms with Crippen LogP contribution < -0.4 is 5.32 Å². The topological polar surface area (TPSA) is 42.0 Å². The first kappa shape index (κ1) is 12.9. The van der Waals surface area contributed by atoms with Gasteiger partial charge in [-0.15, -0.1) is 11.6 Å². The van der Waals surface area contributed by atoms with E-state index in [0.29, 0.717) is 11.5 Å². The number of aromatic nitrogens is 1. The number of carbonyl (C=O) groups is 1. The third-order valence-electron chi connectivity index (χ3n) is 3.23. The Labute approximate surface area is 122 Å². The molecule has 0 saturated carbocycles. The smallest absolute Gasteiger partial charge is 0.256 e. The van der Waals surface area contributed by atoms with E-state index >= 15 is 0 Å². The van der Waals surface area contributed by atoms with Crippen LogP contribution in [0.25, 0.3) is 11.6 Å². The van der Waals surface area contributed by atoms with Crippen LogP contribution in [0.5, 0.6) is 0 Å². The molecule has 0 fully saturated rings. The Kier molecular flexibility index (Phi) is 3.52. The number of pyridine rings is 1. The molecule has 1 aromatic carbocycles. The number of fused-ring (bicyclic) bond motifs is 1. The molecule has 0 unspecified atom stereocenters. The van der Waals surface area contributed by atoms with E-state index in [4.69, 9.17) is 11.6 Å². The van der Waals surface area contributed by atoms with Crippen molar-refractivity contribution in [2.24, 2.45) is 0 Å². The second kappa shape index (κ2) is 5.47. The summed E-state index contributed by atoms with van der Waals surface area (Å²) in [7, 11) is 0. The largest absolute Gasteiger partial charge is 0.321 e. The van der Waals surface area contributed by atoms with Gasteiger partial charge in [0.15, 0.2) is 0 Å². The highest BCUT2D eigenvalue weighted by molar-refractivity contribution is 6.34. The molecule has 0 bridgehead atoms. The van der Waals surface area contributed by atoms with Crippen LogP contribution in [0.1, 0.15) is 16.8 Å². The number of rotatable bonds is 3. The molecule has 2 heterocycles. The third kappa shape index (κ3) is 2.45. The number of hydrogen-bond donors (Lipinski definition) is 1. The number of nitrogens with one attached hydrogen (secondary N) is 1. The lowest BCUT2D eigenvalue weighted by Crippen LogP contribution is -2.03. The molecule has 20 heavy (non-hydrogen) atoms. The number of hydrogen-bond acceptors (Lipinski definition) is 2. The van der Waals surface area contributed by atoms with Gasteiger partial charge in [0.1, 0.15) is 0 Å². The summed E-state index contributed by atoms with van der Waals surface area (Å²) in [5, 5.41) is 2.87. The van der Waals surface area contributed by atoms with Gasteiger partial charge in [-0.25, -0.2) is 0 Å². The van der Waals surface area contributed by atoms with Crippen LogP contribution in [-0.2, 0) is 11.2 Å². The molecule has 0 saturated heterocycles. The SMILES string of the molecule is O=C1Nc2ccc(CCCl)cc2C1=Cc1ccccn1. The van der Waals surface area contributed by atoms with Gasteiger partial charge in [0.2, 0.25) is 0 Å². The van der Waals surface area contributed by atoms with E-state index < -0.39 is 0 Å². The highest BCUT2D eigenvalue weighted by atomic mass is 35.5. The lowest BCUT2D eigenvalue weighted by atomic mass is 10.0. The average molecular weight is 285 g/mol. The highest BCUT2D eigenvalue weighted by Crippen LogP contribution is 2.33. The molecule has 1 aromatic heterocycles. The molecule has 0 spiro atoms. The Morgan fingerprint density at radius 1 is 1.25 bits per heavy atom. The van der Waals surface area contributed by atoms with Crippen LogP contribution in [0.15, 0.2) is 42.6 Å². The zero-order chi connectivity index (χ0) is 13.9. The molecule has 2 aromatic rings. The van der Waals surface area contributed by atoms with Crippen molar-refractivity contribution in [3.05, 3.63) is 59.4 Å². The second-order valence-corrected chi connectivity index (χ2v) is 4.96. The van der Waals surface area contributed by atoms with Crippen molar-refractivity contribution < 1.29 is 4.79 Å². The van der Waals surface area contributed by atoms with E-state index in [1.807, 2.05) is 42.5 Å². The van der Waals surface area contributed by atoms with Crippen LogP contribution >= 0.6 is 11.6 Å². The standard InChI is InChI=1S/C16H13ClN2O/c17-7-6-11-4-5-15-13(9-11)14(16(20)19-15)10-12-3-1-2-8-18-12/h1-5,8-10H,6-7H2,(H,19,20). The zero-order valence-corrected chi connectivity index (χ0v) is 11.5. The lowest BCUT2D eigenvalue weighted by Gasteiger charge is -2.02. The molecule has 3 nitrogen and oxygen atoms in total. The molecule has 0 aliphatic carbocycles. The number of halogens is 1. The minimum atomic E-state index is -0.0892. The van der Waals surface area contributed by atoms with Crippen molar-refractivity contribution in [1.82, 2.24) is 4.98 Å². The van der Waals surface area contributed by atoms with Gasteiger partial charge in [-0.2, -0.15) is 0 Å². The first-order chi connectivity index (χ1) is 9.78. The Morgan fingerprint density at radius 3 is 2.90 bits per heavy atom. The minimum absolute atomic E-state index is 0.0892. The van der Waals surface area contributed by atoms with Crippen LogP contribution in [0.2, 0.25) is 0 Å². The number of nitrogens with zero attached hydrogens (tertiary/aromatic N) is 1. The van der Waals surface area contributed by atoms with Crippen molar-refractivity contribution in [2.45, 2.75) is 6.42 Å². The normalized spacial score (nSPS) is 15.2. The van der Waals surface area contributed by atoms with Gasteiger partial charge in [-0.1, -0.05) is 12.1 Å². The van der Waals surface area contributed by atoms with Gasteiger partial charge in [0.25, 0.3) is 5.91 Å². The van der Waals surface area contributed by atoms with Crippen molar-refractivity contribution in [2.75, 3.05) is 11.2 Å². The molecule has 1 N–H and O–H groups in total. The van der Waals surface area contributed by atoms with Gasteiger partial charge in [-0.3, -0.25) is 9.78 Å². The first-order valence-electron chi connectivity index (χ1n) is 6.41. The van der Waals surface area contributed by atoms with E-state index in [1.165, 1.54) is 0 Å². The number of amides is 1. The molecule has 0 atom stereocenters. The average Bonchev–Trinajstić information content (AvgIpc) is 2.77. The van der Waals surface area contributed by atoms with Gasteiger partial charge in [0.05, 0.1) is 11.3 Å². The maximum atomic E-state index is 12.1. The number of anilines is 1. The molecular formula is C16H13ClN2O. The van der Waals surface area contributed by atoms with Crippen LogP contribution in [0, 0.1) is 0 Å². The quantitative estimate of drug-likeness (QED) is 0.694. The summed E-state index contributed by atoms with van der Waals surface area (Å²) in [5.74, 6) is 0.480. The Bertz CT molecular complexity index is 680. The van der Waals surface area contributed by atoms with Crippen molar-refractivity contribution in [1.29, 1.82) is 0 Å². The monoisotopic (exact) mass is 284 g/mol. The molecule has 1 amide bonds. The number of carbonyl (C=O) groups excluding carboxylic acids is 1. The predicted octanol–water partition coefficient (Wildman–Crippen LogP) is 3.36. The Balaban J connectivity index is 2.04. The number of aryl methyl sites for hydroxylation is 1. The molecule has 100 valence electrons. The maximum absolute atomic E-state index is 12.1. The fraction of sp³-hybridized carbons (Fsp3) is 0.125. The van der Waals surface area contributed by atoms with E-state index in [1.54, 1.807) is 6.20 Å². The van der Waals surface area contributed by atoms with Gasteiger partial charge < -0.3 is 5.32 Å². The maximum Gasteiger partial charge on any atom is 0.256 e. The molecule has 1 aliphatic heterocycles. The summed E-state index contributed by atoms with van der Waals surface area (Å²) >= 11 is 5.77. The number of benzene rings is 1. The van der Waals surface area contributed by atoms with Crippen molar-refractivity contribution >= 4 is 34.8 Å². The summed E-state index contributed by atoms with van der Waals surface area (Å²) in [6.45, 7) is 0. The van der Waals surface area contributed by atoms with Crippen LogP contribution in [-0.4, -0.2) is 16.8 Å². The predicted molar refractivity (Wildman–Crippen MR) is 81.6 cm³/mol. The Hall–Kier alpha value is -2.13. The summed E-state index contributed by atoms with van der Waals surface area (Å²) in [4.78, 5) is 16.3. The third-order valence-corrected chi connectivity index (χ3v) is 3.42. The van der Waals surface area contributed by atoms with E-state index in [-0.39, 0.29) is 5.91 Å². The lowest BCUT2D eigenvalue weighted by molar-refractivity contribution is -0.110.